The predicted octanol–water partition coefficient (Wildman–Crippen LogP) is 2.88. The van der Waals surface area contributed by atoms with Gasteiger partial charge in [-0.15, -0.1) is 0 Å². The molecular weight excluding hydrogens is 308 g/mol. The lowest BCUT2D eigenvalue weighted by Gasteiger charge is -2.20. The number of anilines is 1. The van der Waals surface area contributed by atoms with Gasteiger partial charge in [0.2, 0.25) is 0 Å². The zero-order valence-electron chi connectivity index (χ0n) is 11.9. The lowest BCUT2D eigenvalue weighted by Crippen LogP contribution is -2.26. The van der Waals surface area contributed by atoms with Crippen LogP contribution in [0.25, 0.3) is 0 Å². The summed E-state index contributed by atoms with van der Waals surface area (Å²) in [4.78, 5) is 0.179. The van der Waals surface area contributed by atoms with Crippen LogP contribution in [0.15, 0.2) is 53.4 Å². The number of hydrogen-bond donors (Lipinski definition) is 1. The Kier molecular flexibility index (Phi) is 4.88. The molecule has 0 fully saturated rings. The Balaban J connectivity index is 2.38. The second kappa shape index (κ2) is 6.47. The second-order valence-electron chi connectivity index (χ2n) is 4.59. The molecule has 0 spiro atoms. The van der Waals surface area contributed by atoms with Crippen LogP contribution in [0.1, 0.15) is 5.56 Å². The minimum Gasteiger partial charge on any atom is -0.316 e. The number of nitrogens with zero attached hydrogens (tertiary/aromatic N) is 1. The van der Waals surface area contributed by atoms with Crippen LogP contribution in [0.4, 0.5) is 5.69 Å². The van der Waals surface area contributed by atoms with Crippen molar-refractivity contribution < 1.29 is 8.42 Å². The minimum atomic E-state index is -3.62. The van der Waals surface area contributed by atoms with E-state index in [0.29, 0.717) is 17.3 Å². The van der Waals surface area contributed by atoms with Crippen molar-refractivity contribution in [1.29, 1.82) is 0 Å². The summed E-state index contributed by atoms with van der Waals surface area (Å²) in [6.45, 7) is 0.591. The molecule has 0 aliphatic heterocycles. The number of rotatable bonds is 5. The summed E-state index contributed by atoms with van der Waals surface area (Å²) in [6.07, 6.45) is 0. The molecule has 2 aromatic carbocycles. The lowest BCUT2D eigenvalue weighted by atomic mass is 10.2. The molecular formula is C15H17ClN2O2S. The second-order valence-corrected chi connectivity index (χ2v) is 6.97. The molecule has 0 saturated heterocycles. The number of benzene rings is 2. The Morgan fingerprint density at radius 3 is 2.38 bits per heavy atom. The van der Waals surface area contributed by atoms with E-state index in [1.165, 1.54) is 17.4 Å². The minimum absolute atomic E-state index is 0.179. The summed E-state index contributed by atoms with van der Waals surface area (Å²) in [5.41, 5.74) is 1.47. The first-order valence-corrected chi connectivity index (χ1v) is 8.25. The molecule has 2 aromatic rings. The topological polar surface area (TPSA) is 49.4 Å². The van der Waals surface area contributed by atoms with E-state index in [4.69, 9.17) is 11.6 Å². The largest absolute Gasteiger partial charge is 0.316 e. The van der Waals surface area contributed by atoms with Crippen LogP contribution >= 0.6 is 11.6 Å². The van der Waals surface area contributed by atoms with Crippen LogP contribution in [-0.2, 0) is 16.6 Å². The zero-order chi connectivity index (χ0) is 15.5. The summed E-state index contributed by atoms with van der Waals surface area (Å²) < 4.78 is 26.5. The molecule has 0 heterocycles. The van der Waals surface area contributed by atoms with Crippen LogP contribution < -0.4 is 9.62 Å². The van der Waals surface area contributed by atoms with E-state index in [-0.39, 0.29) is 4.90 Å². The van der Waals surface area contributed by atoms with E-state index in [1.54, 1.807) is 36.4 Å². The maximum atomic E-state index is 12.6. The monoisotopic (exact) mass is 324 g/mol. The van der Waals surface area contributed by atoms with Crippen LogP contribution in [0.5, 0.6) is 0 Å². The maximum absolute atomic E-state index is 12.6. The highest BCUT2D eigenvalue weighted by atomic mass is 35.5. The van der Waals surface area contributed by atoms with Gasteiger partial charge in [0.25, 0.3) is 10.0 Å². The van der Waals surface area contributed by atoms with Gasteiger partial charge in [0, 0.05) is 18.6 Å². The highest BCUT2D eigenvalue weighted by molar-refractivity contribution is 7.92. The molecule has 21 heavy (non-hydrogen) atoms. The van der Waals surface area contributed by atoms with E-state index in [0.717, 1.165) is 5.56 Å². The van der Waals surface area contributed by atoms with Crippen molar-refractivity contribution in [2.24, 2.45) is 0 Å². The van der Waals surface area contributed by atoms with E-state index in [1.807, 2.05) is 13.1 Å². The first kappa shape index (κ1) is 15.8. The molecule has 0 amide bonds. The first-order chi connectivity index (χ1) is 9.96. The summed E-state index contributed by atoms with van der Waals surface area (Å²) in [6, 6.07) is 13.7. The number of sulfonamides is 1. The van der Waals surface area contributed by atoms with E-state index in [9.17, 15) is 8.42 Å². The third-order valence-electron chi connectivity index (χ3n) is 3.17. The Bertz CT molecular complexity index is 718. The third kappa shape index (κ3) is 3.37. The van der Waals surface area contributed by atoms with Crippen molar-refractivity contribution in [2.45, 2.75) is 11.4 Å². The van der Waals surface area contributed by atoms with Gasteiger partial charge < -0.3 is 5.32 Å². The standard InChI is InChI=1S/C15H17ClN2O2S/c1-17-11-12-8-9-14(10-15(12)16)21(19,20)18(2)13-6-4-3-5-7-13/h3-10,17H,11H2,1-2H3. The van der Waals surface area contributed by atoms with Crippen molar-refractivity contribution in [3.8, 4) is 0 Å². The Morgan fingerprint density at radius 1 is 1.14 bits per heavy atom. The summed E-state index contributed by atoms with van der Waals surface area (Å²) in [5, 5.41) is 3.42. The summed E-state index contributed by atoms with van der Waals surface area (Å²) >= 11 is 6.14. The highest BCUT2D eigenvalue weighted by Crippen LogP contribution is 2.25. The van der Waals surface area contributed by atoms with Crippen LogP contribution in [-0.4, -0.2) is 22.5 Å². The lowest BCUT2D eigenvalue weighted by molar-refractivity contribution is 0.594. The van der Waals surface area contributed by atoms with Crippen LogP contribution in [0.3, 0.4) is 0 Å². The average Bonchev–Trinajstić information content (AvgIpc) is 2.49. The van der Waals surface area contributed by atoms with Gasteiger partial charge in [-0.2, -0.15) is 0 Å². The predicted molar refractivity (Wildman–Crippen MR) is 86.2 cm³/mol. The number of nitrogens with one attached hydrogen (secondary N) is 1. The Labute approximate surface area is 130 Å². The average molecular weight is 325 g/mol. The normalized spacial score (nSPS) is 11.4. The maximum Gasteiger partial charge on any atom is 0.264 e. The smallest absolute Gasteiger partial charge is 0.264 e. The van der Waals surface area contributed by atoms with Gasteiger partial charge in [-0.1, -0.05) is 35.9 Å². The number of para-hydroxylation sites is 1. The highest BCUT2D eigenvalue weighted by Gasteiger charge is 2.21. The molecule has 0 unspecified atom stereocenters. The van der Waals surface area contributed by atoms with Gasteiger partial charge in [0.05, 0.1) is 10.6 Å². The van der Waals surface area contributed by atoms with Crippen molar-refractivity contribution in [2.75, 3.05) is 18.4 Å². The van der Waals surface area contributed by atoms with E-state index >= 15 is 0 Å². The first-order valence-electron chi connectivity index (χ1n) is 6.44. The molecule has 0 radical (unpaired) electrons. The Hall–Kier alpha value is -1.56. The van der Waals surface area contributed by atoms with Crippen molar-refractivity contribution in [1.82, 2.24) is 5.32 Å². The van der Waals surface area contributed by atoms with Gasteiger partial charge in [0.1, 0.15) is 0 Å². The molecule has 4 nitrogen and oxygen atoms in total. The fraction of sp³-hybridized carbons (Fsp3) is 0.200. The molecule has 2 rings (SSSR count). The van der Waals surface area contributed by atoms with Gasteiger partial charge in [-0.3, -0.25) is 4.31 Å². The fourth-order valence-corrected chi connectivity index (χ4v) is 3.49. The SMILES string of the molecule is CNCc1ccc(S(=O)(=O)N(C)c2ccccc2)cc1Cl. The van der Waals surface area contributed by atoms with Gasteiger partial charge in [-0.05, 0) is 36.9 Å². The van der Waals surface area contributed by atoms with Gasteiger partial charge in [-0.25, -0.2) is 8.42 Å². The van der Waals surface area contributed by atoms with Crippen molar-refractivity contribution in [3.63, 3.8) is 0 Å². The van der Waals surface area contributed by atoms with Crippen molar-refractivity contribution in [3.05, 3.63) is 59.1 Å². The zero-order valence-corrected chi connectivity index (χ0v) is 13.4. The number of hydrogen-bond acceptors (Lipinski definition) is 3. The molecule has 1 N–H and O–H groups in total. The molecule has 112 valence electrons. The summed E-state index contributed by atoms with van der Waals surface area (Å²) in [7, 11) is -0.280. The summed E-state index contributed by atoms with van der Waals surface area (Å²) in [5.74, 6) is 0. The molecule has 6 heteroatoms. The molecule has 0 bridgehead atoms. The van der Waals surface area contributed by atoms with Gasteiger partial charge in [0.15, 0.2) is 0 Å². The quantitative estimate of drug-likeness (QED) is 0.920. The molecule has 0 aromatic heterocycles. The number of halogens is 1. The molecule has 0 atom stereocenters. The van der Waals surface area contributed by atoms with E-state index < -0.39 is 10.0 Å². The molecule has 0 saturated carbocycles. The van der Waals surface area contributed by atoms with E-state index in [2.05, 4.69) is 5.32 Å². The third-order valence-corrected chi connectivity index (χ3v) is 5.30. The van der Waals surface area contributed by atoms with Crippen LogP contribution in [0, 0.1) is 0 Å². The van der Waals surface area contributed by atoms with Gasteiger partial charge >= 0.3 is 0 Å². The molecule has 0 aliphatic carbocycles. The fourth-order valence-electron chi connectivity index (χ4n) is 1.96. The molecule has 0 aliphatic rings. The van der Waals surface area contributed by atoms with Crippen molar-refractivity contribution >= 4 is 27.3 Å². The Morgan fingerprint density at radius 2 is 1.81 bits per heavy atom. The van der Waals surface area contributed by atoms with Crippen LogP contribution in [0.2, 0.25) is 5.02 Å².